The molecular formula is C15H25N3O2S. The van der Waals surface area contributed by atoms with Crippen molar-refractivity contribution in [3.05, 3.63) is 23.3 Å². The molecule has 21 heavy (non-hydrogen) atoms. The Hall–Kier alpha value is -1.11. The number of nitrogens with zero attached hydrogens (tertiary/aromatic N) is 1. The molecule has 1 aromatic rings. The predicted molar refractivity (Wildman–Crippen MR) is 85.8 cm³/mol. The third kappa shape index (κ3) is 3.75. The number of benzene rings is 1. The van der Waals surface area contributed by atoms with Crippen molar-refractivity contribution in [1.29, 1.82) is 0 Å². The molecule has 1 fully saturated rings. The minimum atomic E-state index is -3.50. The van der Waals surface area contributed by atoms with Crippen LogP contribution in [0.3, 0.4) is 0 Å². The van der Waals surface area contributed by atoms with E-state index in [2.05, 4.69) is 16.5 Å². The molecule has 2 rings (SSSR count). The van der Waals surface area contributed by atoms with Crippen LogP contribution < -0.4 is 10.5 Å². The van der Waals surface area contributed by atoms with E-state index in [0.29, 0.717) is 12.2 Å². The van der Waals surface area contributed by atoms with Crippen molar-refractivity contribution < 1.29 is 8.42 Å². The summed E-state index contributed by atoms with van der Waals surface area (Å²) >= 11 is 0. The normalized spacial score (nSPS) is 18.0. The summed E-state index contributed by atoms with van der Waals surface area (Å²) in [6, 6.07) is 3.42. The Morgan fingerprint density at radius 3 is 2.48 bits per heavy atom. The van der Waals surface area contributed by atoms with Crippen LogP contribution in [-0.4, -0.2) is 39.0 Å². The molecule has 1 unspecified atom stereocenters. The van der Waals surface area contributed by atoms with E-state index >= 15 is 0 Å². The average Bonchev–Trinajstić information content (AvgIpc) is 2.95. The van der Waals surface area contributed by atoms with Gasteiger partial charge in [-0.05, 0) is 70.0 Å². The molecule has 1 aromatic carbocycles. The van der Waals surface area contributed by atoms with E-state index in [9.17, 15) is 8.42 Å². The maximum Gasteiger partial charge on any atom is 0.240 e. The third-order valence-corrected chi connectivity index (χ3v) is 5.73. The van der Waals surface area contributed by atoms with Gasteiger partial charge in [0.25, 0.3) is 0 Å². The molecule has 118 valence electrons. The first kappa shape index (κ1) is 16.3. The third-order valence-electron chi connectivity index (χ3n) is 4.32. The molecule has 0 bridgehead atoms. The van der Waals surface area contributed by atoms with Gasteiger partial charge in [-0.1, -0.05) is 0 Å². The molecule has 3 N–H and O–H groups in total. The summed E-state index contributed by atoms with van der Waals surface area (Å²) in [6.45, 7) is 8.36. The summed E-state index contributed by atoms with van der Waals surface area (Å²) < 4.78 is 27.5. The van der Waals surface area contributed by atoms with E-state index in [1.807, 2.05) is 13.8 Å². The van der Waals surface area contributed by atoms with Gasteiger partial charge in [0.2, 0.25) is 10.0 Å². The molecule has 6 heteroatoms. The second-order valence-electron chi connectivity index (χ2n) is 5.90. The highest BCUT2D eigenvalue weighted by molar-refractivity contribution is 7.89. The standard InChI is InChI=1S/C15H25N3O2S/c1-11-8-14(9-15(16)13(11)3)21(19,20)17-10-12(2)18-6-4-5-7-18/h8-9,12,17H,4-7,10,16H2,1-3H3. The number of anilines is 1. The maximum absolute atomic E-state index is 12.4. The summed E-state index contributed by atoms with van der Waals surface area (Å²) in [5.41, 5.74) is 8.21. The molecule has 0 radical (unpaired) electrons. The molecule has 0 aromatic heterocycles. The van der Waals surface area contributed by atoms with Crippen molar-refractivity contribution in [2.75, 3.05) is 25.4 Å². The van der Waals surface area contributed by atoms with Crippen molar-refractivity contribution in [2.24, 2.45) is 0 Å². The second kappa shape index (κ2) is 6.34. The highest BCUT2D eigenvalue weighted by Gasteiger charge is 2.21. The monoisotopic (exact) mass is 311 g/mol. The van der Waals surface area contributed by atoms with E-state index in [4.69, 9.17) is 5.73 Å². The lowest BCUT2D eigenvalue weighted by Crippen LogP contribution is -2.40. The van der Waals surface area contributed by atoms with Crippen molar-refractivity contribution in [2.45, 2.75) is 44.6 Å². The molecular weight excluding hydrogens is 286 g/mol. The number of aryl methyl sites for hydroxylation is 1. The fourth-order valence-corrected chi connectivity index (χ4v) is 3.87. The Balaban J connectivity index is 2.08. The van der Waals surface area contributed by atoms with Crippen LogP contribution in [0.2, 0.25) is 0 Å². The number of rotatable bonds is 5. The number of nitrogens with one attached hydrogen (secondary N) is 1. The largest absolute Gasteiger partial charge is 0.398 e. The zero-order valence-corrected chi connectivity index (χ0v) is 13.8. The molecule has 1 aliphatic rings. The minimum Gasteiger partial charge on any atom is -0.398 e. The van der Waals surface area contributed by atoms with E-state index in [1.54, 1.807) is 6.07 Å². The Morgan fingerprint density at radius 2 is 1.90 bits per heavy atom. The zero-order chi connectivity index (χ0) is 15.6. The van der Waals surface area contributed by atoms with Crippen molar-refractivity contribution in [3.8, 4) is 0 Å². The van der Waals surface area contributed by atoms with Gasteiger partial charge in [-0.3, -0.25) is 4.90 Å². The van der Waals surface area contributed by atoms with Crippen LogP contribution in [0.5, 0.6) is 0 Å². The van der Waals surface area contributed by atoms with Crippen LogP contribution in [0.25, 0.3) is 0 Å². The number of nitrogen functional groups attached to an aromatic ring is 1. The Kier molecular flexibility index (Phi) is 4.91. The van der Waals surface area contributed by atoms with Gasteiger partial charge in [-0.25, -0.2) is 13.1 Å². The first-order valence-electron chi connectivity index (χ1n) is 7.41. The topological polar surface area (TPSA) is 75.4 Å². The van der Waals surface area contributed by atoms with E-state index < -0.39 is 10.0 Å². The number of hydrogen-bond acceptors (Lipinski definition) is 4. The van der Waals surface area contributed by atoms with Gasteiger partial charge < -0.3 is 5.73 Å². The first-order valence-corrected chi connectivity index (χ1v) is 8.90. The van der Waals surface area contributed by atoms with Crippen LogP contribution in [0.15, 0.2) is 17.0 Å². The molecule has 1 atom stereocenters. The van der Waals surface area contributed by atoms with E-state index in [1.165, 1.54) is 18.9 Å². The number of likely N-dealkylation sites (tertiary alicyclic amines) is 1. The fourth-order valence-electron chi connectivity index (χ4n) is 2.63. The van der Waals surface area contributed by atoms with Gasteiger partial charge in [0, 0.05) is 18.3 Å². The Morgan fingerprint density at radius 1 is 1.29 bits per heavy atom. The zero-order valence-electron chi connectivity index (χ0n) is 13.0. The summed E-state index contributed by atoms with van der Waals surface area (Å²) in [5, 5.41) is 0. The Bertz CT molecular complexity index is 584. The van der Waals surface area contributed by atoms with Crippen molar-refractivity contribution in [1.82, 2.24) is 9.62 Å². The van der Waals surface area contributed by atoms with E-state index in [-0.39, 0.29) is 10.9 Å². The molecule has 1 heterocycles. The van der Waals surface area contributed by atoms with Crippen LogP contribution >= 0.6 is 0 Å². The van der Waals surface area contributed by atoms with Gasteiger partial charge in [0.05, 0.1) is 4.90 Å². The van der Waals surface area contributed by atoms with Crippen LogP contribution in [0.4, 0.5) is 5.69 Å². The van der Waals surface area contributed by atoms with Gasteiger partial charge in [0.1, 0.15) is 0 Å². The first-order chi connectivity index (χ1) is 9.81. The quantitative estimate of drug-likeness (QED) is 0.811. The molecule has 1 saturated heterocycles. The molecule has 5 nitrogen and oxygen atoms in total. The number of nitrogens with two attached hydrogens (primary N) is 1. The lowest BCUT2D eigenvalue weighted by Gasteiger charge is -2.23. The minimum absolute atomic E-state index is 0.214. The summed E-state index contributed by atoms with van der Waals surface area (Å²) in [5.74, 6) is 0. The fraction of sp³-hybridized carbons (Fsp3) is 0.600. The summed E-state index contributed by atoms with van der Waals surface area (Å²) in [6.07, 6.45) is 2.40. The predicted octanol–water partition coefficient (Wildman–Crippen LogP) is 1.65. The number of hydrogen-bond donors (Lipinski definition) is 2. The summed E-state index contributed by atoms with van der Waals surface area (Å²) in [7, 11) is -3.50. The van der Waals surface area contributed by atoms with Gasteiger partial charge in [0.15, 0.2) is 0 Å². The van der Waals surface area contributed by atoms with Crippen LogP contribution in [-0.2, 0) is 10.0 Å². The Labute approximate surface area is 127 Å². The van der Waals surface area contributed by atoms with Crippen molar-refractivity contribution in [3.63, 3.8) is 0 Å². The van der Waals surface area contributed by atoms with E-state index in [0.717, 1.165) is 24.2 Å². The average molecular weight is 311 g/mol. The number of sulfonamides is 1. The highest BCUT2D eigenvalue weighted by Crippen LogP contribution is 2.21. The van der Waals surface area contributed by atoms with Gasteiger partial charge in [-0.15, -0.1) is 0 Å². The molecule has 0 aliphatic carbocycles. The van der Waals surface area contributed by atoms with Crippen LogP contribution in [0, 0.1) is 13.8 Å². The highest BCUT2D eigenvalue weighted by atomic mass is 32.2. The summed E-state index contributed by atoms with van der Waals surface area (Å²) in [4.78, 5) is 2.56. The lowest BCUT2D eigenvalue weighted by atomic mass is 10.1. The van der Waals surface area contributed by atoms with Crippen LogP contribution in [0.1, 0.15) is 30.9 Å². The van der Waals surface area contributed by atoms with Gasteiger partial charge in [-0.2, -0.15) is 0 Å². The second-order valence-corrected chi connectivity index (χ2v) is 7.67. The molecule has 0 saturated carbocycles. The van der Waals surface area contributed by atoms with Gasteiger partial charge >= 0.3 is 0 Å². The smallest absolute Gasteiger partial charge is 0.240 e. The SMILES string of the molecule is Cc1cc(S(=O)(=O)NCC(C)N2CCCC2)cc(N)c1C. The molecule has 1 aliphatic heterocycles. The van der Waals surface area contributed by atoms with Crippen molar-refractivity contribution >= 4 is 15.7 Å². The molecule has 0 amide bonds. The molecule has 0 spiro atoms. The lowest BCUT2D eigenvalue weighted by molar-refractivity contribution is 0.260. The maximum atomic E-state index is 12.4.